The lowest BCUT2D eigenvalue weighted by Gasteiger charge is -2.24. The molecule has 104 valence electrons. The van der Waals surface area contributed by atoms with Gasteiger partial charge in [-0.25, -0.2) is 4.79 Å². The monoisotopic (exact) mass is 268 g/mol. The van der Waals surface area contributed by atoms with Crippen LogP contribution in [0.15, 0.2) is 12.4 Å². The Labute approximate surface area is 109 Å². The third-order valence-electron chi connectivity index (χ3n) is 3.20. The topological polar surface area (TPSA) is 122 Å². The Bertz CT molecular complexity index is 501. The summed E-state index contributed by atoms with van der Waals surface area (Å²) in [5.74, 6) is -1.65. The van der Waals surface area contributed by atoms with Gasteiger partial charge in [-0.2, -0.15) is 5.10 Å². The molecule has 1 amide bonds. The van der Waals surface area contributed by atoms with E-state index < -0.39 is 30.1 Å². The number of rotatable bonds is 3. The number of carboxylic acids is 1. The summed E-state index contributed by atoms with van der Waals surface area (Å²) in [5, 5.41) is 22.5. The number of hydrogen-bond donors (Lipinski definition) is 3. The van der Waals surface area contributed by atoms with Crippen molar-refractivity contribution < 1.29 is 19.8 Å². The van der Waals surface area contributed by atoms with E-state index in [2.05, 4.69) is 5.10 Å². The molecule has 1 fully saturated rings. The molecule has 19 heavy (non-hydrogen) atoms. The SMILES string of the molecule is Cn1cc(C(N)C(=O)N2CC(O)C[C@H]2C(=O)O)cn1. The molecule has 2 rings (SSSR count). The fraction of sp³-hybridized carbons (Fsp3) is 0.545. The van der Waals surface area contributed by atoms with E-state index in [4.69, 9.17) is 10.8 Å². The van der Waals surface area contributed by atoms with Gasteiger partial charge in [-0.15, -0.1) is 0 Å². The first kappa shape index (κ1) is 13.5. The van der Waals surface area contributed by atoms with Gasteiger partial charge in [0.15, 0.2) is 0 Å². The molecule has 3 atom stereocenters. The highest BCUT2D eigenvalue weighted by Gasteiger charge is 2.40. The number of aryl methyl sites for hydroxylation is 1. The molecule has 0 aromatic carbocycles. The zero-order valence-corrected chi connectivity index (χ0v) is 10.4. The van der Waals surface area contributed by atoms with Crippen LogP contribution in [0.3, 0.4) is 0 Å². The van der Waals surface area contributed by atoms with Crippen molar-refractivity contribution in [3.8, 4) is 0 Å². The van der Waals surface area contributed by atoms with Crippen LogP contribution in [0.5, 0.6) is 0 Å². The molecular weight excluding hydrogens is 252 g/mol. The predicted molar refractivity (Wildman–Crippen MR) is 63.9 cm³/mol. The second-order valence-corrected chi connectivity index (χ2v) is 4.66. The Morgan fingerprint density at radius 3 is 2.79 bits per heavy atom. The molecular formula is C11H16N4O4. The maximum atomic E-state index is 12.2. The molecule has 0 saturated carbocycles. The first-order valence-corrected chi connectivity index (χ1v) is 5.85. The number of aliphatic carboxylic acids is 1. The van der Waals surface area contributed by atoms with Gasteiger partial charge in [-0.05, 0) is 0 Å². The third-order valence-corrected chi connectivity index (χ3v) is 3.20. The Morgan fingerprint density at radius 2 is 2.26 bits per heavy atom. The molecule has 2 unspecified atom stereocenters. The molecule has 2 heterocycles. The van der Waals surface area contributed by atoms with Crippen molar-refractivity contribution in [1.29, 1.82) is 0 Å². The number of carbonyl (C=O) groups is 2. The molecule has 0 bridgehead atoms. The summed E-state index contributed by atoms with van der Waals surface area (Å²) in [7, 11) is 1.69. The van der Waals surface area contributed by atoms with E-state index in [0.717, 1.165) is 4.90 Å². The lowest BCUT2D eigenvalue weighted by molar-refractivity contribution is -0.148. The zero-order valence-electron chi connectivity index (χ0n) is 10.4. The number of aliphatic hydroxyl groups excluding tert-OH is 1. The van der Waals surface area contributed by atoms with Gasteiger partial charge < -0.3 is 20.8 Å². The number of carbonyl (C=O) groups excluding carboxylic acids is 1. The Balaban J connectivity index is 2.16. The summed E-state index contributed by atoms with van der Waals surface area (Å²) in [4.78, 5) is 24.4. The summed E-state index contributed by atoms with van der Waals surface area (Å²) in [6.45, 7) is -0.0102. The van der Waals surface area contributed by atoms with Gasteiger partial charge in [0.05, 0.1) is 12.3 Å². The van der Waals surface area contributed by atoms with Crippen LogP contribution >= 0.6 is 0 Å². The number of aliphatic hydroxyl groups is 1. The highest BCUT2D eigenvalue weighted by molar-refractivity contribution is 5.88. The number of nitrogens with zero attached hydrogens (tertiary/aromatic N) is 3. The average Bonchev–Trinajstić information content (AvgIpc) is 2.93. The van der Waals surface area contributed by atoms with E-state index in [0.29, 0.717) is 5.56 Å². The largest absolute Gasteiger partial charge is 0.480 e. The smallest absolute Gasteiger partial charge is 0.326 e. The van der Waals surface area contributed by atoms with Crippen LogP contribution in [0.2, 0.25) is 0 Å². The van der Waals surface area contributed by atoms with Gasteiger partial charge in [0.1, 0.15) is 12.1 Å². The minimum atomic E-state index is -1.14. The zero-order chi connectivity index (χ0) is 14.2. The first-order chi connectivity index (χ1) is 8.90. The quantitative estimate of drug-likeness (QED) is 0.611. The molecule has 0 radical (unpaired) electrons. The van der Waals surface area contributed by atoms with Crippen molar-refractivity contribution in [2.75, 3.05) is 6.54 Å². The molecule has 1 aromatic rings. The number of carboxylic acid groups (broad SMARTS) is 1. The maximum absolute atomic E-state index is 12.2. The van der Waals surface area contributed by atoms with Gasteiger partial charge in [-0.1, -0.05) is 0 Å². The van der Waals surface area contributed by atoms with Gasteiger partial charge in [0, 0.05) is 31.8 Å². The molecule has 1 aliphatic rings. The van der Waals surface area contributed by atoms with Crippen LogP contribution < -0.4 is 5.73 Å². The van der Waals surface area contributed by atoms with Crippen molar-refractivity contribution in [2.45, 2.75) is 24.6 Å². The molecule has 0 spiro atoms. The van der Waals surface area contributed by atoms with Crippen LogP contribution in [0, 0.1) is 0 Å². The summed E-state index contributed by atoms with van der Waals surface area (Å²) in [6.07, 6.45) is 2.27. The fourth-order valence-electron chi connectivity index (χ4n) is 2.21. The molecule has 1 aromatic heterocycles. The second kappa shape index (κ2) is 4.98. The van der Waals surface area contributed by atoms with Crippen molar-refractivity contribution in [3.63, 3.8) is 0 Å². The van der Waals surface area contributed by atoms with E-state index in [1.54, 1.807) is 13.2 Å². The van der Waals surface area contributed by atoms with Gasteiger partial charge in [-0.3, -0.25) is 9.48 Å². The number of likely N-dealkylation sites (tertiary alicyclic amines) is 1. The van der Waals surface area contributed by atoms with Crippen molar-refractivity contribution in [3.05, 3.63) is 18.0 Å². The number of hydrogen-bond acceptors (Lipinski definition) is 5. The predicted octanol–water partition coefficient (Wildman–Crippen LogP) is -1.53. The summed E-state index contributed by atoms with van der Waals surface area (Å²) >= 11 is 0. The molecule has 1 saturated heterocycles. The van der Waals surface area contributed by atoms with Crippen LogP contribution in [0.1, 0.15) is 18.0 Å². The Kier molecular flexibility index (Phi) is 3.54. The number of amides is 1. The van der Waals surface area contributed by atoms with E-state index in [-0.39, 0.29) is 13.0 Å². The number of aromatic nitrogens is 2. The molecule has 4 N–H and O–H groups in total. The fourth-order valence-corrected chi connectivity index (χ4v) is 2.21. The summed E-state index contributed by atoms with van der Waals surface area (Å²) in [5.41, 5.74) is 6.33. The van der Waals surface area contributed by atoms with Crippen LogP contribution in [0.4, 0.5) is 0 Å². The summed E-state index contributed by atoms with van der Waals surface area (Å²) < 4.78 is 1.51. The van der Waals surface area contributed by atoms with Crippen molar-refractivity contribution >= 4 is 11.9 Å². The van der Waals surface area contributed by atoms with Crippen LogP contribution in [-0.4, -0.2) is 55.5 Å². The molecule has 0 aliphatic carbocycles. The number of β-amino-alcohol motifs (C(OH)–C–C–N with tert-alkyl or cyclic N) is 1. The highest BCUT2D eigenvalue weighted by Crippen LogP contribution is 2.22. The van der Waals surface area contributed by atoms with Gasteiger partial charge >= 0.3 is 5.97 Å². The highest BCUT2D eigenvalue weighted by atomic mass is 16.4. The van der Waals surface area contributed by atoms with Crippen LogP contribution in [-0.2, 0) is 16.6 Å². The second-order valence-electron chi connectivity index (χ2n) is 4.66. The van der Waals surface area contributed by atoms with E-state index in [9.17, 15) is 14.7 Å². The standard InChI is InChI=1S/C11H16N4O4/c1-14-4-6(3-13-14)9(12)10(17)15-5-7(16)2-8(15)11(18)19/h3-4,7-9,16H,2,5,12H2,1H3,(H,18,19)/t7?,8-,9?/m0/s1. The van der Waals surface area contributed by atoms with E-state index in [1.165, 1.54) is 10.9 Å². The van der Waals surface area contributed by atoms with Crippen molar-refractivity contribution in [2.24, 2.45) is 12.8 Å². The molecule has 8 heteroatoms. The Morgan fingerprint density at radius 1 is 1.58 bits per heavy atom. The Hall–Kier alpha value is -1.93. The maximum Gasteiger partial charge on any atom is 0.326 e. The van der Waals surface area contributed by atoms with E-state index >= 15 is 0 Å². The summed E-state index contributed by atoms with van der Waals surface area (Å²) in [6, 6.07) is -1.99. The molecule has 1 aliphatic heterocycles. The lowest BCUT2D eigenvalue weighted by atomic mass is 10.1. The van der Waals surface area contributed by atoms with Crippen molar-refractivity contribution in [1.82, 2.24) is 14.7 Å². The minimum absolute atomic E-state index is 0.0102. The average molecular weight is 268 g/mol. The molecule has 8 nitrogen and oxygen atoms in total. The van der Waals surface area contributed by atoms with Gasteiger partial charge in [0.2, 0.25) is 5.91 Å². The lowest BCUT2D eigenvalue weighted by Crippen LogP contribution is -2.45. The minimum Gasteiger partial charge on any atom is -0.480 e. The van der Waals surface area contributed by atoms with Gasteiger partial charge in [0.25, 0.3) is 0 Å². The van der Waals surface area contributed by atoms with E-state index in [1.807, 2.05) is 0 Å². The first-order valence-electron chi connectivity index (χ1n) is 5.85. The number of nitrogens with two attached hydrogens (primary N) is 1. The third kappa shape index (κ3) is 2.59. The van der Waals surface area contributed by atoms with Crippen LogP contribution in [0.25, 0.3) is 0 Å². The normalized spacial score (nSPS) is 24.5.